The molecular formula is C48H92O6. The summed E-state index contributed by atoms with van der Waals surface area (Å²) in [7, 11) is 0. The Kier molecular flexibility index (Phi) is 39.8. The molecule has 0 amide bonds. The zero-order valence-corrected chi connectivity index (χ0v) is 36.8. The van der Waals surface area contributed by atoms with E-state index >= 15 is 0 Å². The van der Waals surface area contributed by atoms with Crippen LogP contribution in [0.25, 0.3) is 0 Å². The van der Waals surface area contributed by atoms with Gasteiger partial charge in [0.05, 0.1) is 0 Å². The molecule has 0 aliphatic heterocycles. The van der Waals surface area contributed by atoms with Crippen molar-refractivity contribution in [3.05, 3.63) is 0 Å². The van der Waals surface area contributed by atoms with Crippen molar-refractivity contribution in [3.8, 4) is 0 Å². The Morgan fingerprint density at radius 3 is 1.06 bits per heavy atom. The summed E-state index contributed by atoms with van der Waals surface area (Å²) in [6.45, 7) is 11.3. The number of esters is 3. The van der Waals surface area contributed by atoms with Gasteiger partial charge in [0.2, 0.25) is 0 Å². The van der Waals surface area contributed by atoms with E-state index in [1.807, 2.05) is 0 Å². The summed E-state index contributed by atoms with van der Waals surface area (Å²) in [5.74, 6) is 0.787. The van der Waals surface area contributed by atoms with E-state index in [1.165, 1.54) is 148 Å². The Hall–Kier alpha value is -1.59. The molecule has 0 N–H and O–H groups in total. The van der Waals surface area contributed by atoms with Crippen molar-refractivity contribution >= 4 is 17.9 Å². The van der Waals surface area contributed by atoms with Crippen LogP contribution in [0.15, 0.2) is 0 Å². The maximum Gasteiger partial charge on any atom is 0.306 e. The number of carbonyl (C=O) groups is 3. The highest BCUT2D eigenvalue weighted by molar-refractivity contribution is 5.71. The molecule has 6 heteroatoms. The second-order valence-corrected chi connectivity index (χ2v) is 17.1. The lowest BCUT2D eigenvalue weighted by Crippen LogP contribution is -2.30. The van der Waals surface area contributed by atoms with Crippen LogP contribution in [-0.2, 0) is 28.6 Å². The molecule has 1 unspecified atom stereocenters. The van der Waals surface area contributed by atoms with Gasteiger partial charge in [0.15, 0.2) is 6.10 Å². The van der Waals surface area contributed by atoms with Gasteiger partial charge in [0.25, 0.3) is 0 Å². The van der Waals surface area contributed by atoms with Gasteiger partial charge in [0, 0.05) is 19.3 Å². The van der Waals surface area contributed by atoms with Crippen molar-refractivity contribution in [1.29, 1.82) is 0 Å². The summed E-state index contributed by atoms with van der Waals surface area (Å²) in [4.78, 5) is 37.8. The molecule has 0 spiro atoms. The highest BCUT2D eigenvalue weighted by atomic mass is 16.6. The highest BCUT2D eigenvalue weighted by Gasteiger charge is 2.19. The van der Waals surface area contributed by atoms with Crippen molar-refractivity contribution in [1.82, 2.24) is 0 Å². The predicted molar refractivity (Wildman–Crippen MR) is 229 cm³/mol. The van der Waals surface area contributed by atoms with Crippen LogP contribution < -0.4 is 0 Å². The van der Waals surface area contributed by atoms with Crippen molar-refractivity contribution in [3.63, 3.8) is 0 Å². The number of hydrogen-bond donors (Lipinski definition) is 0. The molecule has 0 bridgehead atoms. The fraction of sp³-hybridized carbons (Fsp3) is 0.938. The van der Waals surface area contributed by atoms with Gasteiger partial charge in [-0.2, -0.15) is 0 Å². The smallest absolute Gasteiger partial charge is 0.306 e. The molecule has 320 valence electrons. The molecule has 54 heavy (non-hydrogen) atoms. The van der Waals surface area contributed by atoms with Crippen LogP contribution in [0.1, 0.15) is 259 Å². The summed E-state index contributed by atoms with van der Waals surface area (Å²) in [6.07, 6.45) is 39.4. The first-order valence-corrected chi connectivity index (χ1v) is 23.8. The van der Waals surface area contributed by atoms with Gasteiger partial charge in [-0.05, 0) is 31.1 Å². The molecule has 2 atom stereocenters. The highest BCUT2D eigenvalue weighted by Crippen LogP contribution is 2.17. The van der Waals surface area contributed by atoms with Crippen LogP contribution in [-0.4, -0.2) is 37.2 Å². The lowest BCUT2D eigenvalue weighted by molar-refractivity contribution is -0.167. The van der Waals surface area contributed by atoms with Crippen LogP contribution in [0.2, 0.25) is 0 Å². The molecule has 0 rings (SSSR count). The second kappa shape index (κ2) is 41.1. The molecule has 0 saturated heterocycles. The van der Waals surface area contributed by atoms with Gasteiger partial charge in [-0.3, -0.25) is 14.4 Å². The molecule has 0 saturated carbocycles. The van der Waals surface area contributed by atoms with Crippen LogP contribution in [0.3, 0.4) is 0 Å². The van der Waals surface area contributed by atoms with E-state index in [1.54, 1.807) is 0 Å². The first kappa shape index (κ1) is 52.4. The third-order valence-electron chi connectivity index (χ3n) is 11.1. The molecule has 0 fully saturated rings. The zero-order chi connectivity index (χ0) is 39.7. The number of carbonyl (C=O) groups excluding carboxylic acids is 3. The Labute approximate surface area is 336 Å². The SMILES string of the molecule is CCCCCCCCCCCCCCCC(=O)O[C@@H](COC(=O)CCCCCCCCCCC(C)C)COC(=O)CCCCCCCCCCC(C)CC. The maximum atomic E-state index is 12.7. The number of ether oxygens (including phenoxy) is 3. The van der Waals surface area contributed by atoms with Crippen LogP contribution in [0, 0.1) is 11.8 Å². The van der Waals surface area contributed by atoms with Gasteiger partial charge in [-0.1, -0.05) is 221 Å². The van der Waals surface area contributed by atoms with Crippen molar-refractivity contribution in [2.75, 3.05) is 13.2 Å². The third kappa shape index (κ3) is 40.1. The second-order valence-electron chi connectivity index (χ2n) is 17.1. The summed E-state index contributed by atoms with van der Waals surface area (Å²) in [6, 6.07) is 0. The van der Waals surface area contributed by atoms with Crippen LogP contribution in [0.4, 0.5) is 0 Å². The fourth-order valence-electron chi connectivity index (χ4n) is 7.07. The first-order chi connectivity index (χ1) is 26.3. The summed E-state index contributed by atoms with van der Waals surface area (Å²) >= 11 is 0. The number of hydrogen-bond acceptors (Lipinski definition) is 6. The van der Waals surface area contributed by atoms with Crippen molar-refractivity contribution < 1.29 is 28.6 Å². The largest absolute Gasteiger partial charge is 0.462 e. The monoisotopic (exact) mass is 765 g/mol. The fourth-order valence-corrected chi connectivity index (χ4v) is 7.07. The number of rotatable bonds is 42. The topological polar surface area (TPSA) is 78.9 Å². The minimum absolute atomic E-state index is 0.0652. The lowest BCUT2D eigenvalue weighted by atomic mass is 9.99. The molecule has 0 aromatic carbocycles. The normalized spacial score (nSPS) is 12.6. The quantitative estimate of drug-likeness (QED) is 0.0350. The molecular weight excluding hydrogens is 673 g/mol. The molecule has 0 aliphatic rings. The van der Waals surface area contributed by atoms with Gasteiger partial charge >= 0.3 is 17.9 Å². The zero-order valence-electron chi connectivity index (χ0n) is 36.8. The molecule has 0 aromatic rings. The maximum absolute atomic E-state index is 12.7. The summed E-state index contributed by atoms with van der Waals surface area (Å²) in [5, 5.41) is 0. The van der Waals surface area contributed by atoms with Gasteiger partial charge in [0.1, 0.15) is 13.2 Å². The van der Waals surface area contributed by atoms with Crippen molar-refractivity contribution in [2.24, 2.45) is 11.8 Å². The molecule has 0 heterocycles. The summed E-state index contributed by atoms with van der Waals surface area (Å²) in [5.41, 5.74) is 0. The van der Waals surface area contributed by atoms with Crippen LogP contribution in [0.5, 0.6) is 0 Å². The Morgan fingerprint density at radius 2 is 0.704 bits per heavy atom. The Bertz CT molecular complexity index is 826. The van der Waals surface area contributed by atoms with Crippen LogP contribution >= 0.6 is 0 Å². The summed E-state index contributed by atoms with van der Waals surface area (Å²) < 4.78 is 16.7. The Balaban J connectivity index is 4.35. The predicted octanol–water partition coefficient (Wildman–Crippen LogP) is 15.0. The third-order valence-corrected chi connectivity index (χ3v) is 11.1. The Morgan fingerprint density at radius 1 is 0.389 bits per heavy atom. The van der Waals surface area contributed by atoms with E-state index in [-0.39, 0.29) is 31.1 Å². The van der Waals surface area contributed by atoms with E-state index in [4.69, 9.17) is 14.2 Å². The number of unbranched alkanes of at least 4 members (excludes halogenated alkanes) is 26. The van der Waals surface area contributed by atoms with Gasteiger partial charge in [-0.25, -0.2) is 0 Å². The average Bonchev–Trinajstić information content (AvgIpc) is 3.15. The van der Waals surface area contributed by atoms with E-state index in [0.29, 0.717) is 19.3 Å². The first-order valence-electron chi connectivity index (χ1n) is 23.8. The van der Waals surface area contributed by atoms with Gasteiger partial charge < -0.3 is 14.2 Å². The van der Waals surface area contributed by atoms with Gasteiger partial charge in [-0.15, -0.1) is 0 Å². The van der Waals surface area contributed by atoms with E-state index in [2.05, 4.69) is 34.6 Å². The van der Waals surface area contributed by atoms with E-state index < -0.39 is 6.10 Å². The minimum Gasteiger partial charge on any atom is -0.462 e. The molecule has 0 aromatic heterocycles. The standard InChI is InChI=1S/C48H92O6/c1-6-8-9-10-11-12-13-14-15-16-25-30-35-40-48(51)54-45(41-52-46(49)38-33-28-23-19-17-21-26-31-36-43(3)4)42-53-47(50)39-34-29-24-20-18-22-27-32-37-44(5)7-2/h43-45H,6-42H2,1-5H3/t44?,45-/m0/s1. The van der Waals surface area contributed by atoms with Crippen molar-refractivity contribution in [2.45, 2.75) is 265 Å². The molecule has 0 aliphatic carbocycles. The lowest BCUT2D eigenvalue weighted by Gasteiger charge is -2.18. The van der Waals surface area contributed by atoms with E-state index in [0.717, 1.165) is 69.6 Å². The molecule has 6 nitrogen and oxygen atoms in total. The minimum atomic E-state index is -0.761. The average molecular weight is 765 g/mol. The van der Waals surface area contributed by atoms with E-state index in [9.17, 15) is 14.4 Å². The molecule has 0 radical (unpaired) electrons.